The highest BCUT2D eigenvalue weighted by Crippen LogP contribution is 2.63. The minimum absolute atomic E-state index is 0.322. The third kappa shape index (κ3) is 1.67. The smallest absolute Gasteiger partial charge is 0.309 e. The lowest BCUT2D eigenvalue weighted by Gasteiger charge is -2.59. The van der Waals surface area contributed by atoms with E-state index in [1.807, 2.05) is 0 Å². The summed E-state index contributed by atoms with van der Waals surface area (Å²) in [5.41, 5.74) is -0.431. The van der Waals surface area contributed by atoms with Gasteiger partial charge in [-0.15, -0.1) is 0 Å². The number of hydrogen-bond donors (Lipinski definition) is 1. The first kappa shape index (κ1) is 12.1. The van der Waals surface area contributed by atoms with Crippen LogP contribution in [0.3, 0.4) is 0 Å². The normalized spacial score (nSPS) is 44.9. The van der Waals surface area contributed by atoms with E-state index in [1.165, 1.54) is 25.5 Å². The van der Waals surface area contributed by atoms with Crippen LogP contribution in [0.2, 0.25) is 0 Å². The summed E-state index contributed by atoms with van der Waals surface area (Å²) < 4.78 is 5.24. The number of aliphatic carboxylic acids is 1. The van der Waals surface area contributed by atoms with Crippen LogP contribution in [0, 0.1) is 29.1 Å². The zero-order valence-corrected chi connectivity index (χ0v) is 10.8. The molecule has 0 aromatic heterocycles. The van der Waals surface area contributed by atoms with Crippen molar-refractivity contribution in [3.8, 4) is 0 Å². The van der Waals surface area contributed by atoms with Gasteiger partial charge in [0.15, 0.2) is 0 Å². The van der Waals surface area contributed by atoms with Crippen molar-refractivity contribution in [1.29, 1.82) is 0 Å². The number of carbonyl (C=O) groups is 1. The van der Waals surface area contributed by atoms with Gasteiger partial charge in [0.05, 0.1) is 18.3 Å². The van der Waals surface area contributed by atoms with Gasteiger partial charge in [0.1, 0.15) is 0 Å². The van der Waals surface area contributed by atoms with Crippen molar-refractivity contribution in [2.24, 2.45) is 29.1 Å². The molecule has 4 bridgehead atoms. The molecule has 0 heterocycles. The molecule has 0 amide bonds. The Morgan fingerprint density at radius 2 is 2.00 bits per heavy atom. The van der Waals surface area contributed by atoms with Gasteiger partial charge in [0, 0.05) is 0 Å². The standard InChI is InChI=1S/C15H22O3/c1-2-18-4-3-13-12-6-10-5-11(7-12)9-15(13,8-10)14(16)17/h2,10-13H,1,3-9H2,(H,16,17). The van der Waals surface area contributed by atoms with E-state index in [0.717, 1.165) is 19.3 Å². The van der Waals surface area contributed by atoms with Crippen LogP contribution in [0.15, 0.2) is 12.8 Å². The van der Waals surface area contributed by atoms with Crippen LogP contribution < -0.4 is 0 Å². The van der Waals surface area contributed by atoms with Crippen molar-refractivity contribution >= 4 is 5.97 Å². The number of ether oxygens (including phenoxy) is 1. The summed E-state index contributed by atoms with van der Waals surface area (Å²) in [4.78, 5) is 11.8. The minimum atomic E-state index is -0.551. The summed E-state index contributed by atoms with van der Waals surface area (Å²) in [5, 5.41) is 9.74. The lowest BCUT2D eigenvalue weighted by molar-refractivity contribution is -0.179. The molecule has 18 heavy (non-hydrogen) atoms. The Bertz CT molecular complexity index is 349. The molecule has 3 heteroatoms. The fourth-order valence-corrected chi connectivity index (χ4v) is 5.27. The van der Waals surface area contributed by atoms with Gasteiger partial charge in [-0.3, -0.25) is 4.79 Å². The van der Waals surface area contributed by atoms with E-state index >= 15 is 0 Å². The van der Waals surface area contributed by atoms with E-state index in [4.69, 9.17) is 4.74 Å². The molecule has 1 N–H and O–H groups in total. The van der Waals surface area contributed by atoms with Crippen LogP contribution in [0.1, 0.15) is 38.5 Å². The summed E-state index contributed by atoms with van der Waals surface area (Å²) in [5.74, 6) is 1.75. The van der Waals surface area contributed by atoms with Crippen molar-refractivity contribution in [3.63, 3.8) is 0 Å². The Hall–Kier alpha value is -0.990. The van der Waals surface area contributed by atoms with Crippen LogP contribution in [0.5, 0.6) is 0 Å². The molecule has 4 saturated carbocycles. The molecule has 4 aliphatic rings. The molecular formula is C15H22O3. The fraction of sp³-hybridized carbons (Fsp3) is 0.800. The fourth-order valence-electron chi connectivity index (χ4n) is 5.27. The van der Waals surface area contributed by atoms with Gasteiger partial charge in [-0.25, -0.2) is 0 Å². The van der Waals surface area contributed by atoms with Gasteiger partial charge in [-0.05, 0) is 62.2 Å². The molecule has 0 aromatic rings. The average Bonchev–Trinajstić information content (AvgIpc) is 2.31. The second-order valence-electron chi connectivity index (χ2n) is 6.50. The van der Waals surface area contributed by atoms with Crippen LogP contribution >= 0.6 is 0 Å². The molecule has 3 unspecified atom stereocenters. The van der Waals surface area contributed by atoms with E-state index in [1.54, 1.807) is 0 Å². The van der Waals surface area contributed by atoms with E-state index in [9.17, 15) is 9.90 Å². The van der Waals surface area contributed by atoms with Crippen molar-refractivity contribution in [2.75, 3.05) is 6.61 Å². The molecule has 100 valence electrons. The van der Waals surface area contributed by atoms with Gasteiger partial charge >= 0.3 is 5.97 Å². The van der Waals surface area contributed by atoms with Gasteiger partial charge < -0.3 is 9.84 Å². The first-order chi connectivity index (χ1) is 8.65. The average molecular weight is 250 g/mol. The Morgan fingerprint density at radius 1 is 1.33 bits per heavy atom. The molecule has 0 radical (unpaired) electrons. The predicted octanol–water partition coefficient (Wildman–Crippen LogP) is 3.06. The van der Waals surface area contributed by atoms with Crippen LogP contribution in [-0.4, -0.2) is 17.7 Å². The summed E-state index contributed by atoms with van der Waals surface area (Å²) in [7, 11) is 0. The van der Waals surface area contributed by atoms with Crippen molar-refractivity contribution < 1.29 is 14.6 Å². The lowest BCUT2D eigenvalue weighted by atomic mass is 9.44. The summed E-state index contributed by atoms with van der Waals surface area (Å²) >= 11 is 0. The monoisotopic (exact) mass is 250 g/mol. The molecule has 0 spiro atoms. The first-order valence-corrected chi connectivity index (χ1v) is 7.11. The van der Waals surface area contributed by atoms with E-state index in [-0.39, 0.29) is 0 Å². The molecule has 0 aliphatic heterocycles. The maximum atomic E-state index is 11.8. The molecule has 4 fully saturated rings. The quantitative estimate of drug-likeness (QED) is 0.602. The summed E-state index contributed by atoms with van der Waals surface area (Å²) in [6.07, 6.45) is 7.95. The second kappa shape index (κ2) is 4.29. The summed E-state index contributed by atoms with van der Waals surface area (Å²) in [6.45, 7) is 4.17. The second-order valence-corrected chi connectivity index (χ2v) is 6.50. The lowest BCUT2D eigenvalue weighted by Crippen LogP contribution is -2.56. The third-order valence-electron chi connectivity index (χ3n) is 5.61. The van der Waals surface area contributed by atoms with E-state index in [0.29, 0.717) is 30.3 Å². The Kier molecular flexibility index (Phi) is 2.87. The van der Waals surface area contributed by atoms with Crippen molar-refractivity contribution in [3.05, 3.63) is 12.8 Å². The topological polar surface area (TPSA) is 46.5 Å². The maximum Gasteiger partial charge on any atom is 0.309 e. The molecule has 4 rings (SSSR count). The largest absolute Gasteiger partial charge is 0.502 e. The number of carboxylic acids is 1. The summed E-state index contributed by atoms with van der Waals surface area (Å²) in [6, 6.07) is 0. The van der Waals surface area contributed by atoms with Gasteiger partial charge in [0.2, 0.25) is 0 Å². The molecule has 0 aromatic carbocycles. The molecule has 4 aliphatic carbocycles. The number of carboxylic acid groups (broad SMARTS) is 1. The van der Waals surface area contributed by atoms with Crippen molar-refractivity contribution in [1.82, 2.24) is 0 Å². The maximum absolute atomic E-state index is 11.8. The highest BCUT2D eigenvalue weighted by Gasteiger charge is 2.60. The molecule has 0 saturated heterocycles. The van der Waals surface area contributed by atoms with Crippen molar-refractivity contribution in [2.45, 2.75) is 38.5 Å². The van der Waals surface area contributed by atoms with Crippen LogP contribution in [-0.2, 0) is 9.53 Å². The van der Waals surface area contributed by atoms with Gasteiger partial charge in [-0.2, -0.15) is 0 Å². The zero-order valence-electron chi connectivity index (χ0n) is 10.8. The predicted molar refractivity (Wildman–Crippen MR) is 67.9 cm³/mol. The highest BCUT2D eigenvalue weighted by molar-refractivity contribution is 5.76. The highest BCUT2D eigenvalue weighted by atomic mass is 16.5. The number of hydrogen-bond acceptors (Lipinski definition) is 2. The Labute approximate surface area is 108 Å². The van der Waals surface area contributed by atoms with E-state index < -0.39 is 11.4 Å². The van der Waals surface area contributed by atoms with Crippen LogP contribution in [0.25, 0.3) is 0 Å². The Balaban J connectivity index is 1.82. The zero-order chi connectivity index (χ0) is 12.8. The van der Waals surface area contributed by atoms with Gasteiger partial charge in [-0.1, -0.05) is 6.58 Å². The SMILES string of the molecule is C=COCCC1C2CC3CC(C2)CC1(C(=O)O)C3. The Morgan fingerprint density at radius 3 is 2.56 bits per heavy atom. The minimum Gasteiger partial charge on any atom is -0.502 e. The first-order valence-electron chi connectivity index (χ1n) is 7.11. The number of rotatable bonds is 5. The third-order valence-corrected chi connectivity index (χ3v) is 5.61. The molecule has 3 nitrogen and oxygen atoms in total. The molecule has 3 atom stereocenters. The van der Waals surface area contributed by atoms with Gasteiger partial charge in [0.25, 0.3) is 0 Å². The van der Waals surface area contributed by atoms with E-state index in [2.05, 4.69) is 6.58 Å². The molecular weight excluding hydrogens is 228 g/mol. The van der Waals surface area contributed by atoms with Crippen LogP contribution in [0.4, 0.5) is 0 Å².